The second-order valence-electron chi connectivity index (χ2n) is 4.37. The molecule has 96 valence electrons. The van der Waals surface area contributed by atoms with E-state index >= 15 is 0 Å². The maximum Gasteiger partial charge on any atom is 0.231 e. The number of benzene rings is 1. The van der Waals surface area contributed by atoms with E-state index in [2.05, 4.69) is 17.2 Å². The van der Waals surface area contributed by atoms with Gasteiger partial charge in [0.05, 0.1) is 6.54 Å². The van der Waals surface area contributed by atoms with Gasteiger partial charge in [0.1, 0.15) is 0 Å². The van der Waals surface area contributed by atoms with Gasteiger partial charge < -0.3 is 14.8 Å². The fourth-order valence-corrected chi connectivity index (χ4v) is 3.03. The predicted molar refractivity (Wildman–Crippen MR) is 73.4 cm³/mol. The van der Waals surface area contributed by atoms with Gasteiger partial charge in [-0.2, -0.15) is 0 Å². The van der Waals surface area contributed by atoms with Gasteiger partial charge >= 0.3 is 0 Å². The van der Waals surface area contributed by atoms with Crippen LogP contribution in [0.4, 0.5) is 0 Å². The quantitative estimate of drug-likeness (QED) is 0.910. The Hall–Kier alpha value is -1.36. The first-order valence-corrected chi connectivity index (χ1v) is 7.16. The van der Waals surface area contributed by atoms with Crippen molar-refractivity contribution in [1.29, 1.82) is 0 Å². The summed E-state index contributed by atoms with van der Waals surface area (Å²) in [4.78, 5) is 4.59. The molecule has 5 heteroatoms. The zero-order valence-electron chi connectivity index (χ0n) is 10.3. The third-order valence-electron chi connectivity index (χ3n) is 3.08. The van der Waals surface area contributed by atoms with Crippen molar-refractivity contribution in [3.63, 3.8) is 0 Å². The van der Waals surface area contributed by atoms with E-state index in [0.717, 1.165) is 34.4 Å². The van der Waals surface area contributed by atoms with Crippen LogP contribution < -0.4 is 14.8 Å². The van der Waals surface area contributed by atoms with Crippen LogP contribution in [-0.2, 0) is 6.54 Å². The highest BCUT2D eigenvalue weighted by Gasteiger charge is 2.18. The molecule has 0 spiro atoms. The molecule has 1 atom stereocenters. The number of nitrogens with zero attached hydrogens (tertiary/aromatic N) is 1. The van der Waals surface area contributed by atoms with Crippen LogP contribution in [0.3, 0.4) is 0 Å². The summed E-state index contributed by atoms with van der Waals surface area (Å²) < 4.78 is 10.6. The largest absolute Gasteiger partial charge is 0.454 e. The number of hydrogen-bond donors (Lipinski definition) is 1. The van der Waals surface area contributed by atoms with Gasteiger partial charge in [0.2, 0.25) is 6.79 Å². The predicted octanol–water partition coefficient (Wildman–Crippen LogP) is 2.39. The molecule has 1 aromatic carbocycles. The smallest absolute Gasteiger partial charge is 0.231 e. The van der Waals surface area contributed by atoms with E-state index in [9.17, 15) is 0 Å². The summed E-state index contributed by atoms with van der Waals surface area (Å²) in [6, 6.07) is 6.56. The Morgan fingerprint density at radius 2 is 2.28 bits per heavy atom. The molecule has 18 heavy (non-hydrogen) atoms. The molecule has 0 bridgehead atoms. The highest BCUT2D eigenvalue weighted by molar-refractivity contribution is 8.14. The highest BCUT2D eigenvalue weighted by Crippen LogP contribution is 2.32. The van der Waals surface area contributed by atoms with Crippen LogP contribution in [-0.4, -0.2) is 23.8 Å². The van der Waals surface area contributed by atoms with Crippen LogP contribution in [0.5, 0.6) is 11.5 Å². The normalized spacial score (nSPS) is 23.4. The maximum absolute atomic E-state index is 5.35. The van der Waals surface area contributed by atoms with Gasteiger partial charge in [0.15, 0.2) is 16.7 Å². The first-order valence-electron chi connectivity index (χ1n) is 6.17. The Labute approximate surface area is 111 Å². The van der Waals surface area contributed by atoms with Crippen molar-refractivity contribution < 1.29 is 9.47 Å². The second kappa shape index (κ2) is 5.10. The molecule has 2 aliphatic rings. The molecule has 1 fully saturated rings. The summed E-state index contributed by atoms with van der Waals surface area (Å²) in [5, 5.41) is 4.48. The first-order chi connectivity index (χ1) is 8.85. The van der Waals surface area contributed by atoms with E-state index < -0.39 is 0 Å². The third kappa shape index (κ3) is 2.41. The molecule has 4 nitrogen and oxygen atoms in total. The third-order valence-corrected chi connectivity index (χ3v) is 4.17. The average molecular weight is 264 g/mol. The van der Waals surface area contributed by atoms with Gasteiger partial charge in [0.25, 0.3) is 0 Å². The van der Waals surface area contributed by atoms with Crippen LogP contribution >= 0.6 is 11.8 Å². The van der Waals surface area contributed by atoms with Crippen molar-refractivity contribution in [2.75, 3.05) is 12.5 Å². The van der Waals surface area contributed by atoms with E-state index in [4.69, 9.17) is 9.47 Å². The van der Waals surface area contributed by atoms with Crippen LogP contribution in [0, 0.1) is 0 Å². The minimum Gasteiger partial charge on any atom is -0.454 e. The minimum atomic E-state index is 0.322. The molecule has 1 unspecified atom stereocenters. The summed E-state index contributed by atoms with van der Waals surface area (Å²) in [7, 11) is 0. The number of ether oxygens (including phenoxy) is 2. The van der Waals surface area contributed by atoms with Gasteiger partial charge in [-0.15, -0.1) is 0 Å². The highest BCUT2D eigenvalue weighted by atomic mass is 32.2. The van der Waals surface area contributed by atoms with E-state index in [-0.39, 0.29) is 0 Å². The van der Waals surface area contributed by atoms with Gasteiger partial charge in [-0.3, -0.25) is 4.99 Å². The molecule has 3 rings (SSSR count). The Morgan fingerprint density at radius 3 is 3.11 bits per heavy atom. The Morgan fingerprint density at radius 1 is 1.39 bits per heavy atom. The van der Waals surface area contributed by atoms with Crippen LogP contribution in [0.25, 0.3) is 0 Å². The van der Waals surface area contributed by atoms with Crippen molar-refractivity contribution in [2.45, 2.75) is 25.9 Å². The lowest BCUT2D eigenvalue weighted by Crippen LogP contribution is -2.25. The maximum atomic E-state index is 5.35. The lowest BCUT2D eigenvalue weighted by molar-refractivity contribution is 0.174. The van der Waals surface area contributed by atoms with Crippen molar-refractivity contribution in [3.8, 4) is 11.5 Å². The number of amidine groups is 1. The SMILES string of the molecule is CCC1CSC(=NCc2ccc3c(c2)OCO3)N1. The van der Waals surface area contributed by atoms with Crippen molar-refractivity contribution in [3.05, 3.63) is 23.8 Å². The van der Waals surface area contributed by atoms with Crippen LogP contribution in [0.2, 0.25) is 0 Å². The molecule has 0 aromatic heterocycles. The molecule has 0 aliphatic carbocycles. The summed E-state index contributed by atoms with van der Waals surface area (Å²) in [5.74, 6) is 2.77. The Bertz CT molecular complexity index is 476. The van der Waals surface area contributed by atoms with E-state index in [0.29, 0.717) is 19.4 Å². The van der Waals surface area contributed by atoms with Gasteiger partial charge in [0, 0.05) is 11.8 Å². The fraction of sp³-hybridized carbons (Fsp3) is 0.462. The summed E-state index contributed by atoms with van der Waals surface area (Å²) in [6.07, 6.45) is 1.15. The molecule has 1 saturated heterocycles. The minimum absolute atomic E-state index is 0.322. The zero-order chi connectivity index (χ0) is 12.4. The van der Waals surface area contributed by atoms with E-state index in [1.165, 1.54) is 0 Å². The van der Waals surface area contributed by atoms with Crippen molar-refractivity contribution in [1.82, 2.24) is 5.32 Å². The monoisotopic (exact) mass is 264 g/mol. The lowest BCUT2D eigenvalue weighted by Gasteiger charge is -2.05. The van der Waals surface area contributed by atoms with Gasteiger partial charge in [-0.05, 0) is 24.1 Å². The molecule has 2 heterocycles. The fourth-order valence-electron chi connectivity index (χ4n) is 1.95. The van der Waals surface area contributed by atoms with Gasteiger partial charge in [-0.1, -0.05) is 24.8 Å². The lowest BCUT2D eigenvalue weighted by atomic mass is 10.2. The summed E-state index contributed by atoms with van der Waals surface area (Å²) in [5.41, 5.74) is 1.15. The molecular formula is C13H16N2O2S. The topological polar surface area (TPSA) is 42.9 Å². The molecule has 0 amide bonds. The number of thioether (sulfide) groups is 1. The van der Waals surface area contributed by atoms with Crippen molar-refractivity contribution >= 4 is 16.9 Å². The number of rotatable bonds is 3. The van der Waals surface area contributed by atoms with Crippen molar-refractivity contribution in [2.24, 2.45) is 4.99 Å². The number of hydrogen-bond acceptors (Lipinski definition) is 4. The Kier molecular flexibility index (Phi) is 3.32. The standard InChI is InChI=1S/C13H16N2O2S/c1-2-10-7-18-13(15-10)14-6-9-3-4-11-12(5-9)17-8-16-11/h3-5,10H,2,6-8H2,1H3,(H,14,15). The number of aliphatic imine (C=N–C) groups is 1. The Balaban J connectivity index is 1.65. The molecule has 0 saturated carbocycles. The van der Waals surface area contributed by atoms with E-state index in [1.54, 1.807) is 11.8 Å². The number of fused-ring (bicyclic) bond motifs is 1. The van der Waals surface area contributed by atoms with Crippen LogP contribution in [0.1, 0.15) is 18.9 Å². The molecule has 1 aromatic rings. The summed E-state index contributed by atoms with van der Waals surface area (Å²) in [6.45, 7) is 3.20. The average Bonchev–Trinajstić information content (AvgIpc) is 3.04. The molecule has 1 N–H and O–H groups in total. The zero-order valence-corrected chi connectivity index (χ0v) is 11.1. The first kappa shape index (κ1) is 11.7. The molecular weight excluding hydrogens is 248 g/mol. The van der Waals surface area contributed by atoms with E-state index in [1.807, 2.05) is 18.2 Å². The molecule has 2 aliphatic heterocycles. The second-order valence-corrected chi connectivity index (χ2v) is 5.38. The van der Waals surface area contributed by atoms with Gasteiger partial charge in [-0.25, -0.2) is 0 Å². The number of nitrogens with one attached hydrogen (secondary N) is 1. The summed E-state index contributed by atoms with van der Waals surface area (Å²) >= 11 is 1.80. The molecule has 0 radical (unpaired) electrons. The van der Waals surface area contributed by atoms with Crippen LogP contribution in [0.15, 0.2) is 23.2 Å².